The summed E-state index contributed by atoms with van der Waals surface area (Å²) in [5.74, 6) is -3.99. The Morgan fingerprint density at radius 2 is 2.00 bits per heavy atom. The molecule has 3 aromatic heterocycles. The predicted octanol–water partition coefficient (Wildman–Crippen LogP) is -3.94. The summed E-state index contributed by atoms with van der Waals surface area (Å²) in [6, 6.07) is 2.84. The number of aromatic nitrogens is 7. The van der Waals surface area contributed by atoms with E-state index in [2.05, 4.69) is 40.8 Å². The second kappa shape index (κ2) is 14.0. The number of amides is 2. The number of oxime groups is 1. The van der Waals surface area contributed by atoms with Gasteiger partial charge in [0, 0.05) is 16.7 Å². The van der Waals surface area contributed by atoms with Gasteiger partial charge < -0.3 is 42.7 Å². The van der Waals surface area contributed by atoms with Crippen molar-refractivity contribution in [2.75, 3.05) is 11.5 Å². The molecule has 1 aromatic carbocycles. The number of aromatic hydroxyl groups is 3. The number of hydrogen-bond donors (Lipinski definition) is 7. The van der Waals surface area contributed by atoms with Crippen LogP contribution in [-0.2, 0) is 32.4 Å². The second-order valence-electron chi connectivity index (χ2n) is 9.79. The number of carbonyl (C=O) groups excluding carboxylic acids is 2. The van der Waals surface area contributed by atoms with E-state index in [9.17, 15) is 39.6 Å². The van der Waals surface area contributed by atoms with Crippen LogP contribution < -0.4 is 46.2 Å². The van der Waals surface area contributed by atoms with Crippen LogP contribution in [0.1, 0.15) is 12.9 Å². The smallest absolute Gasteiger partial charge is 1.00 e. The normalized spacial score (nSPS) is 17.3. The second-order valence-corrected chi connectivity index (χ2v) is 11.8. The average molecular weight is 708 g/mol. The van der Waals surface area contributed by atoms with Gasteiger partial charge in [0.05, 0.1) is 12.7 Å². The molecule has 0 unspecified atom stereocenters. The number of rotatable bonds is 10. The van der Waals surface area contributed by atoms with Crippen LogP contribution in [0.4, 0.5) is 5.13 Å². The van der Waals surface area contributed by atoms with Crippen LogP contribution in [0, 0.1) is 0 Å². The van der Waals surface area contributed by atoms with Crippen LogP contribution in [0.5, 0.6) is 17.2 Å². The molecule has 0 aliphatic carbocycles. The van der Waals surface area contributed by atoms with E-state index in [0.29, 0.717) is 11.1 Å². The van der Waals surface area contributed by atoms with Crippen molar-refractivity contribution in [1.82, 2.24) is 45.4 Å². The van der Waals surface area contributed by atoms with Crippen molar-refractivity contribution in [3.8, 4) is 28.6 Å². The van der Waals surface area contributed by atoms with Gasteiger partial charge >= 0.3 is 35.5 Å². The summed E-state index contributed by atoms with van der Waals surface area (Å²) >= 11 is 2.22. The zero-order valence-corrected chi connectivity index (χ0v) is 28.1. The number of thiazole rings is 1. The number of tetrazole rings is 1. The average Bonchev–Trinajstić information content (AvgIpc) is 3.69. The Bertz CT molecular complexity index is 2050. The predicted molar refractivity (Wildman–Crippen MR) is 162 cm³/mol. The molecule has 20 nitrogen and oxygen atoms in total. The molecule has 48 heavy (non-hydrogen) atoms. The number of carboxylic acids is 1. The molecule has 0 bridgehead atoms. The number of thioether (sulfide) groups is 1. The fraction of sp³-hybridized carbons (Fsp3) is 0.200. The summed E-state index contributed by atoms with van der Waals surface area (Å²) < 4.78 is 0. The van der Waals surface area contributed by atoms with E-state index in [0.717, 1.165) is 27.2 Å². The number of nitrogens with two attached hydrogens (primary N) is 1. The number of aliphatic carboxylic acids is 1. The molecule has 5 heterocycles. The van der Waals surface area contributed by atoms with Crippen LogP contribution in [-0.4, -0.2) is 101 Å². The molecular weight excluding hydrogens is 685 g/mol. The van der Waals surface area contributed by atoms with Crippen LogP contribution in [0.2, 0.25) is 0 Å². The molecule has 244 valence electrons. The van der Waals surface area contributed by atoms with E-state index in [-0.39, 0.29) is 88.7 Å². The summed E-state index contributed by atoms with van der Waals surface area (Å²) in [5.41, 5.74) is 4.97. The number of hydrogen-bond acceptors (Lipinski definition) is 17. The van der Waals surface area contributed by atoms with Crippen LogP contribution >= 0.6 is 23.1 Å². The van der Waals surface area contributed by atoms with Crippen molar-refractivity contribution in [2.45, 2.75) is 24.6 Å². The molecule has 6 rings (SSSR count). The topological polar surface area (TPSA) is 297 Å². The van der Waals surface area contributed by atoms with Crippen molar-refractivity contribution in [3.05, 3.63) is 62.9 Å². The summed E-state index contributed by atoms with van der Waals surface area (Å²) in [5, 5.41) is 57.9. The van der Waals surface area contributed by atoms with E-state index in [1.54, 1.807) is 0 Å². The third kappa shape index (κ3) is 6.82. The van der Waals surface area contributed by atoms with Gasteiger partial charge in [0.15, 0.2) is 34.7 Å². The van der Waals surface area contributed by atoms with Gasteiger partial charge in [0.1, 0.15) is 28.6 Å². The van der Waals surface area contributed by atoms with Gasteiger partial charge in [-0.1, -0.05) is 5.16 Å². The number of aromatic amines is 1. The minimum atomic E-state index is -1.37. The summed E-state index contributed by atoms with van der Waals surface area (Å²) in [6.07, 6.45) is 0.918. The van der Waals surface area contributed by atoms with Crippen molar-refractivity contribution in [3.63, 3.8) is 0 Å². The zero-order valence-electron chi connectivity index (χ0n) is 25.5. The van der Waals surface area contributed by atoms with Crippen molar-refractivity contribution >= 4 is 51.7 Å². The molecule has 0 radical (unpaired) electrons. The first-order valence-electron chi connectivity index (χ1n) is 13.2. The number of phenols is 2. The number of carbonyl (C=O) groups is 3. The van der Waals surface area contributed by atoms with Crippen molar-refractivity contribution in [1.29, 1.82) is 0 Å². The molecule has 23 heteroatoms. The number of β-lactam (4-membered cyclic amide) rings is 1. The first-order chi connectivity index (χ1) is 22.5. The molecule has 2 atom stereocenters. The van der Waals surface area contributed by atoms with Gasteiger partial charge in [-0.3, -0.25) is 19.3 Å². The fourth-order valence-electron chi connectivity index (χ4n) is 4.53. The summed E-state index contributed by atoms with van der Waals surface area (Å²) in [6.45, 7) is -0.518. The molecule has 8 N–H and O–H groups in total. The number of anilines is 1. The summed E-state index contributed by atoms with van der Waals surface area (Å²) in [7, 11) is 0. The number of carboxylic acid groups (broad SMARTS) is 1. The zero-order chi connectivity index (χ0) is 33.4. The third-order valence-corrected chi connectivity index (χ3v) is 8.74. The van der Waals surface area contributed by atoms with E-state index in [4.69, 9.17) is 10.6 Å². The molecule has 0 spiro atoms. The Labute approximate surface area is 299 Å². The molecule has 2 aliphatic heterocycles. The molecule has 4 aromatic rings. The van der Waals surface area contributed by atoms with E-state index >= 15 is 0 Å². The molecule has 2 aliphatic rings. The van der Waals surface area contributed by atoms with Crippen LogP contribution in [0.15, 0.2) is 51.0 Å². The van der Waals surface area contributed by atoms with E-state index in [1.165, 1.54) is 35.3 Å². The minimum Gasteiger partial charge on any atom is -1.00 e. The Kier molecular flexibility index (Phi) is 10.00. The van der Waals surface area contributed by atoms with Crippen LogP contribution in [0.3, 0.4) is 0 Å². The van der Waals surface area contributed by atoms with Crippen molar-refractivity contribution < 1.29 is 70.6 Å². The number of nitrogens with zero attached hydrogens (tertiary/aromatic N) is 8. The Hall–Kier alpha value is -5.03. The maximum Gasteiger partial charge on any atom is 1.00 e. The number of nitrogen functional groups attached to an aromatic ring is 1. The molecule has 1 fully saturated rings. The Morgan fingerprint density at radius 1 is 1.21 bits per heavy atom. The van der Waals surface area contributed by atoms with Gasteiger partial charge in [-0.15, -0.1) is 33.3 Å². The number of fused-ring (bicyclic) bond motifs is 1. The molecule has 2 amide bonds. The minimum absolute atomic E-state index is 0. The number of H-pyrrole nitrogens is 1. The van der Waals surface area contributed by atoms with Gasteiger partial charge in [-0.05, 0) is 29.0 Å². The Morgan fingerprint density at radius 3 is 2.69 bits per heavy atom. The first kappa shape index (κ1) is 34.3. The largest absolute Gasteiger partial charge is 1.00 e. The van der Waals surface area contributed by atoms with Crippen molar-refractivity contribution in [2.24, 2.45) is 5.16 Å². The van der Waals surface area contributed by atoms with Gasteiger partial charge in [0.25, 0.3) is 17.4 Å². The third-order valence-electron chi connectivity index (χ3n) is 6.73. The summed E-state index contributed by atoms with van der Waals surface area (Å²) in [4.78, 5) is 68.0. The quantitative estimate of drug-likeness (QED) is 0.0272. The number of nitrogens with one attached hydrogen (secondary N) is 2. The molecule has 1 saturated heterocycles. The maximum atomic E-state index is 13.3. The maximum absolute atomic E-state index is 13.3. The Balaban J connectivity index is 0.00000270. The van der Waals surface area contributed by atoms with Gasteiger partial charge in [-0.25, -0.2) is 14.8 Å². The number of benzene rings is 1. The monoisotopic (exact) mass is 707 g/mol. The van der Waals surface area contributed by atoms with E-state index in [1.807, 2.05) is 0 Å². The van der Waals surface area contributed by atoms with Gasteiger partial charge in [0.2, 0.25) is 5.82 Å². The first-order valence-corrected chi connectivity index (χ1v) is 15.1. The van der Waals surface area contributed by atoms with E-state index < -0.39 is 47.1 Å². The fourth-order valence-corrected chi connectivity index (χ4v) is 6.41. The van der Waals surface area contributed by atoms with Gasteiger partial charge in [-0.2, -0.15) is 4.80 Å². The molecule has 0 saturated carbocycles. The standard InChI is InChI=1S/C25H21N11O9S2.Na.H/c26-25-28-11(8-47-25)16(33-45-6-15-27-4-14(39)20(40)29-15)21(41)30-17-22(42)36-18(24(43)44)10(7-46-23(17)36)5-35-32-19(31-34-35)9-1-2-12(37)13(38)3-9;;/h1-4,8,17,23,37-39H,5-7H2,(H2,26,28)(H,30,41)(H,43,44)(H,27,29,40);;/q;+1;-1/b33-16-;;/t17-,23-;;/m1../s1. The SMILES string of the molecule is Nc1nc(/C(=N/OCc2ncc(O)c(=O)[nH]2)C(=O)N[C@@H]2C(=O)N3C(C(=O)O)=C(Cn4nnc(-c5ccc(O)c(O)c5)n4)CS[C@H]23)cs1.[H-].[Na+]. The molecular formula is C25H22N11NaO9S2. The number of phenolic OH excluding ortho intramolecular Hbond substituents is 2. The van der Waals surface area contributed by atoms with Crippen LogP contribution in [0.25, 0.3) is 11.4 Å².